The van der Waals surface area contributed by atoms with E-state index in [2.05, 4.69) is 16.0 Å². The Morgan fingerprint density at radius 2 is 2.09 bits per heavy atom. The Bertz CT molecular complexity index is 743. The zero-order valence-electron chi connectivity index (χ0n) is 13.4. The van der Waals surface area contributed by atoms with Crippen molar-refractivity contribution in [2.24, 2.45) is 17.8 Å². The van der Waals surface area contributed by atoms with Crippen LogP contribution < -0.4 is 5.73 Å². The molecule has 1 aromatic carbocycles. The van der Waals surface area contributed by atoms with Crippen LogP contribution in [0.1, 0.15) is 36.9 Å². The molecule has 0 saturated heterocycles. The first-order valence-corrected chi connectivity index (χ1v) is 8.87. The number of anilines is 1. The Morgan fingerprint density at radius 1 is 1.22 bits per heavy atom. The van der Waals surface area contributed by atoms with Gasteiger partial charge in [-0.25, -0.2) is 9.97 Å². The van der Waals surface area contributed by atoms with E-state index < -0.39 is 0 Å². The number of hydrogen-bond acceptors (Lipinski definition) is 3. The molecule has 4 rings (SSSR count). The molecule has 2 saturated carbocycles. The quantitative estimate of drug-likeness (QED) is 0.891. The lowest BCUT2D eigenvalue weighted by Gasteiger charge is -2.21. The molecule has 1 heterocycles. The van der Waals surface area contributed by atoms with Gasteiger partial charge < -0.3 is 5.73 Å². The summed E-state index contributed by atoms with van der Waals surface area (Å²) in [4.78, 5) is 8.93. The fourth-order valence-corrected chi connectivity index (χ4v) is 4.72. The minimum Gasteiger partial charge on any atom is -0.368 e. The summed E-state index contributed by atoms with van der Waals surface area (Å²) < 4.78 is 0. The molecule has 23 heavy (non-hydrogen) atoms. The van der Waals surface area contributed by atoms with Crippen molar-refractivity contribution in [3.63, 3.8) is 0 Å². The van der Waals surface area contributed by atoms with Crippen LogP contribution in [-0.2, 0) is 6.42 Å². The van der Waals surface area contributed by atoms with Gasteiger partial charge in [-0.05, 0) is 68.1 Å². The predicted molar refractivity (Wildman–Crippen MR) is 94.3 cm³/mol. The highest BCUT2D eigenvalue weighted by atomic mass is 35.5. The summed E-state index contributed by atoms with van der Waals surface area (Å²) >= 11 is 6.25. The van der Waals surface area contributed by atoms with Gasteiger partial charge >= 0.3 is 0 Å². The number of hydrogen-bond donors (Lipinski definition) is 1. The van der Waals surface area contributed by atoms with Crippen molar-refractivity contribution in [1.29, 1.82) is 0 Å². The van der Waals surface area contributed by atoms with Crippen LogP contribution >= 0.6 is 11.6 Å². The number of rotatable bonds is 3. The average Bonchev–Trinajstić information content (AvgIpc) is 3.12. The SMILES string of the molecule is Cc1c(Cl)cccc1-c1cc(CC2CC3CCC2C3)nc(N)n1. The number of nitrogen functional groups attached to an aromatic ring is 1. The first kappa shape index (κ1) is 14.9. The maximum atomic E-state index is 6.25. The summed E-state index contributed by atoms with van der Waals surface area (Å²) in [6.45, 7) is 2.02. The van der Waals surface area contributed by atoms with E-state index in [1.165, 1.54) is 25.7 Å². The fraction of sp³-hybridized carbons (Fsp3) is 0.474. The molecule has 4 heteroatoms. The van der Waals surface area contributed by atoms with Crippen LogP contribution in [0, 0.1) is 24.7 Å². The van der Waals surface area contributed by atoms with E-state index in [-0.39, 0.29) is 0 Å². The molecule has 2 aliphatic rings. The molecular formula is C19H22ClN3. The van der Waals surface area contributed by atoms with E-state index in [0.29, 0.717) is 5.95 Å². The monoisotopic (exact) mass is 327 g/mol. The first-order chi connectivity index (χ1) is 11.1. The topological polar surface area (TPSA) is 51.8 Å². The fourth-order valence-electron chi connectivity index (χ4n) is 4.54. The maximum Gasteiger partial charge on any atom is 0.220 e. The molecular weight excluding hydrogens is 306 g/mol. The molecule has 0 spiro atoms. The third-order valence-corrected chi connectivity index (χ3v) is 6.11. The minimum atomic E-state index is 0.361. The van der Waals surface area contributed by atoms with E-state index in [1.54, 1.807) is 0 Å². The molecule has 0 radical (unpaired) electrons. The maximum absolute atomic E-state index is 6.25. The van der Waals surface area contributed by atoms with Gasteiger partial charge in [-0.3, -0.25) is 0 Å². The lowest BCUT2D eigenvalue weighted by atomic mass is 9.85. The molecule has 2 N–H and O–H groups in total. The Hall–Kier alpha value is -1.61. The summed E-state index contributed by atoms with van der Waals surface area (Å²) in [5, 5.41) is 0.759. The minimum absolute atomic E-state index is 0.361. The number of aromatic nitrogens is 2. The van der Waals surface area contributed by atoms with Crippen LogP contribution in [0.4, 0.5) is 5.95 Å². The Morgan fingerprint density at radius 3 is 2.83 bits per heavy atom. The molecule has 2 bridgehead atoms. The largest absolute Gasteiger partial charge is 0.368 e. The lowest BCUT2D eigenvalue weighted by Crippen LogP contribution is -2.14. The number of nitrogens with zero attached hydrogens (tertiary/aromatic N) is 2. The zero-order chi connectivity index (χ0) is 16.0. The van der Waals surface area contributed by atoms with Crippen LogP contribution in [0.2, 0.25) is 5.02 Å². The molecule has 2 aromatic rings. The van der Waals surface area contributed by atoms with Gasteiger partial charge in [0.25, 0.3) is 0 Å². The Kier molecular flexibility index (Phi) is 3.76. The van der Waals surface area contributed by atoms with E-state index >= 15 is 0 Å². The van der Waals surface area contributed by atoms with Crippen molar-refractivity contribution in [3.05, 3.63) is 40.5 Å². The summed E-state index contributed by atoms with van der Waals surface area (Å²) in [7, 11) is 0. The molecule has 0 aliphatic heterocycles. The summed E-state index contributed by atoms with van der Waals surface area (Å²) in [6, 6.07) is 8.00. The van der Waals surface area contributed by atoms with E-state index in [4.69, 9.17) is 17.3 Å². The van der Waals surface area contributed by atoms with Gasteiger partial charge in [0.05, 0.1) is 5.69 Å². The van der Waals surface area contributed by atoms with Crippen LogP contribution in [-0.4, -0.2) is 9.97 Å². The zero-order valence-corrected chi connectivity index (χ0v) is 14.2. The van der Waals surface area contributed by atoms with Gasteiger partial charge in [0.2, 0.25) is 5.95 Å². The van der Waals surface area contributed by atoms with Crippen molar-refractivity contribution < 1.29 is 0 Å². The van der Waals surface area contributed by atoms with E-state index in [0.717, 1.165) is 51.7 Å². The summed E-state index contributed by atoms with van der Waals surface area (Å²) in [6.07, 6.45) is 6.64. The van der Waals surface area contributed by atoms with Gasteiger partial charge in [-0.2, -0.15) is 0 Å². The highest BCUT2D eigenvalue weighted by Gasteiger charge is 2.39. The lowest BCUT2D eigenvalue weighted by molar-refractivity contribution is 0.329. The third kappa shape index (κ3) is 2.83. The average molecular weight is 328 g/mol. The van der Waals surface area contributed by atoms with Crippen LogP contribution in [0.15, 0.2) is 24.3 Å². The molecule has 2 fully saturated rings. The van der Waals surface area contributed by atoms with Crippen LogP contribution in [0.3, 0.4) is 0 Å². The van der Waals surface area contributed by atoms with Crippen LogP contribution in [0.5, 0.6) is 0 Å². The molecule has 3 nitrogen and oxygen atoms in total. The van der Waals surface area contributed by atoms with Crippen molar-refractivity contribution in [2.75, 3.05) is 5.73 Å². The van der Waals surface area contributed by atoms with Crippen molar-refractivity contribution >= 4 is 17.5 Å². The summed E-state index contributed by atoms with van der Waals surface area (Å²) in [5.41, 5.74) is 10.0. The van der Waals surface area contributed by atoms with Gasteiger partial charge in [-0.1, -0.05) is 30.2 Å². The molecule has 2 aliphatic carbocycles. The second kappa shape index (κ2) is 5.79. The van der Waals surface area contributed by atoms with E-state index in [1.807, 2.05) is 25.1 Å². The molecule has 120 valence electrons. The van der Waals surface area contributed by atoms with Gasteiger partial charge in [-0.15, -0.1) is 0 Å². The standard InChI is InChI=1S/C19H22ClN3/c1-11-16(3-2-4-17(11)20)18-10-15(22-19(21)23-18)9-14-8-12-5-6-13(14)7-12/h2-4,10,12-14H,5-9H2,1H3,(H2,21,22,23). The van der Waals surface area contributed by atoms with Gasteiger partial charge in [0, 0.05) is 16.3 Å². The number of halogens is 1. The molecule has 3 atom stereocenters. The molecule has 3 unspecified atom stereocenters. The second-order valence-electron chi connectivity index (χ2n) is 7.15. The number of benzene rings is 1. The van der Waals surface area contributed by atoms with Crippen molar-refractivity contribution in [1.82, 2.24) is 9.97 Å². The van der Waals surface area contributed by atoms with Crippen molar-refractivity contribution in [2.45, 2.75) is 39.0 Å². The first-order valence-electron chi connectivity index (χ1n) is 8.49. The predicted octanol–water partition coefficient (Wildman–Crippen LogP) is 4.67. The molecule has 0 amide bonds. The third-order valence-electron chi connectivity index (χ3n) is 5.70. The molecule has 1 aromatic heterocycles. The normalized spacial score (nSPS) is 25.9. The van der Waals surface area contributed by atoms with Crippen molar-refractivity contribution in [3.8, 4) is 11.3 Å². The number of nitrogens with two attached hydrogens (primary N) is 1. The van der Waals surface area contributed by atoms with Gasteiger partial charge in [0.15, 0.2) is 0 Å². The van der Waals surface area contributed by atoms with Gasteiger partial charge in [0.1, 0.15) is 0 Å². The summed E-state index contributed by atoms with van der Waals surface area (Å²) in [5.74, 6) is 2.99. The number of fused-ring (bicyclic) bond motifs is 2. The highest BCUT2D eigenvalue weighted by molar-refractivity contribution is 6.31. The van der Waals surface area contributed by atoms with E-state index in [9.17, 15) is 0 Å². The smallest absolute Gasteiger partial charge is 0.220 e. The highest BCUT2D eigenvalue weighted by Crippen LogP contribution is 2.49. The van der Waals surface area contributed by atoms with Crippen LogP contribution in [0.25, 0.3) is 11.3 Å². The Balaban J connectivity index is 1.64. The second-order valence-corrected chi connectivity index (χ2v) is 7.56. The Labute approximate surface area is 142 Å².